The minimum absolute atomic E-state index is 0.286. The monoisotopic (exact) mass is 593 g/mol. The highest BCUT2D eigenvalue weighted by molar-refractivity contribution is 9.10. The van der Waals surface area contributed by atoms with Crippen molar-refractivity contribution in [2.45, 2.75) is 39.2 Å². The SMILES string of the molecule is COC(=O)[C@H](C)Oc1c(C=Nn2c(C(C)(C)C)nc3ccc(Br)cc3c2=O)cc(Br)cc1OC. The van der Waals surface area contributed by atoms with E-state index in [0.29, 0.717) is 32.5 Å². The van der Waals surface area contributed by atoms with Crippen LogP contribution in [0.25, 0.3) is 10.9 Å². The predicted octanol–water partition coefficient (Wildman–Crippen LogP) is 5.05. The highest BCUT2D eigenvalue weighted by Crippen LogP contribution is 2.35. The summed E-state index contributed by atoms with van der Waals surface area (Å²) < 4.78 is 18.8. The topological polar surface area (TPSA) is 92.0 Å². The van der Waals surface area contributed by atoms with Gasteiger partial charge < -0.3 is 14.2 Å². The Labute approximate surface area is 214 Å². The molecule has 0 aliphatic carbocycles. The summed E-state index contributed by atoms with van der Waals surface area (Å²) in [4.78, 5) is 30.1. The number of ether oxygens (including phenoxy) is 3. The number of hydrogen-bond donors (Lipinski definition) is 0. The summed E-state index contributed by atoms with van der Waals surface area (Å²) in [5.74, 6) is 0.629. The first kappa shape index (κ1) is 25.9. The van der Waals surface area contributed by atoms with Gasteiger partial charge in [0.2, 0.25) is 0 Å². The number of carbonyl (C=O) groups is 1. The second-order valence-corrected chi connectivity index (χ2v) is 10.3. The number of carbonyl (C=O) groups excluding carboxylic acids is 1. The van der Waals surface area contributed by atoms with Crippen LogP contribution >= 0.6 is 31.9 Å². The third-order valence-electron chi connectivity index (χ3n) is 4.89. The molecule has 0 unspecified atom stereocenters. The molecule has 1 atom stereocenters. The summed E-state index contributed by atoms with van der Waals surface area (Å²) in [6.07, 6.45) is 0.592. The Morgan fingerprint density at radius 1 is 1.15 bits per heavy atom. The zero-order chi connectivity index (χ0) is 25.2. The lowest BCUT2D eigenvalue weighted by Crippen LogP contribution is -2.29. The molecule has 0 amide bonds. The number of esters is 1. The highest BCUT2D eigenvalue weighted by Gasteiger charge is 2.24. The number of fused-ring (bicyclic) bond motifs is 1. The Hall–Kier alpha value is -2.72. The van der Waals surface area contributed by atoms with E-state index >= 15 is 0 Å². The summed E-state index contributed by atoms with van der Waals surface area (Å²) in [6, 6.07) is 8.81. The Bertz CT molecular complexity index is 1330. The average molecular weight is 595 g/mol. The molecule has 0 fully saturated rings. The van der Waals surface area contributed by atoms with Gasteiger partial charge in [0.1, 0.15) is 5.82 Å². The molecular weight excluding hydrogens is 570 g/mol. The molecule has 3 rings (SSSR count). The Kier molecular flexibility index (Phi) is 7.82. The number of hydrogen-bond acceptors (Lipinski definition) is 7. The fourth-order valence-electron chi connectivity index (χ4n) is 3.21. The number of methoxy groups -OCH3 is 2. The predicted molar refractivity (Wildman–Crippen MR) is 138 cm³/mol. The van der Waals surface area contributed by atoms with Crippen LogP contribution in [0.4, 0.5) is 0 Å². The standard InChI is InChI=1S/C24H25Br2N3O5/c1-13(22(31)33-6)34-20-14(9-16(26)11-19(20)32-5)12-27-29-21(30)17-10-15(25)7-8-18(17)28-23(29)24(2,3)4/h7-13H,1-6H3/t13-/m0/s1. The lowest BCUT2D eigenvalue weighted by Gasteiger charge is -2.21. The molecule has 0 bridgehead atoms. The molecule has 1 aromatic heterocycles. The van der Waals surface area contributed by atoms with Crippen LogP contribution in [0.1, 0.15) is 39.1 Å². The highest BCUT2D eigenvalue weighted by atomic mass is 79.9. The molecule has 2 aromatic carbocycles. The average Bonchev–Trinajstić information content (AvgIpc) is 2.78. The van der Waals surface area contributed by atoms with Crippen LogP contribution in [0.5, 0.6) is 11.5 Å². The molecule has 0 N–H and O–H groups in total. The molecule has 8 nitrogen and oxygen atoms in total. The summed E-state index contributed by atoms with van der Waals surface area (Å²) in [5, 5.41) is 4.93. The largest absolute Gasteiger partial charge is 0.493 e. The van der Waals surface area contributed by atoms with E-state index < -0.39 is 17.5 Å². The zero-order valence-electron chi connectivity index (χ0n) is 19.7. The molecule has 1 heterocycles. The molecule has 0 aliphatic heterocycles. The molecule has 0 spiro atoms. The molecule has 3 aromatic rings. The third-order valence-corrected chi connectivity index (χ3v) is 5.84. The summed E-state index contributed by atoms with van der Waals surface area (Å²) in [5.41, 5.74) is 0.304. The van der Waals surface area contributed by atoms with Gasteiger partial charge in [0.05, 0.1) is 31.3 Å². The van der Waals surface area contributed by atoms with Crippen molar-refractivity contribution in [3.8, 4) is 11.5 Å². The molecular formula is C24H25Br2N3O5. The number of rotatable bonds is 6. The molecule has 0 saturated carbocycles. The van der Waals surface area contributed by atoms with Crippen LogP contribution in [-0.4, -0.2) is 42.2 Å². The van der Waals surface area contributed by atoms with Gasteiger partial charge in [0, 0.05) is 19.9 Å². The molecule has 180 valence electrons. The van der Waals surface area contributed by atoms with Crippen molar-refractivity contribution in [3.63, 3.8) is 0 Å². The molecule has 10 heteroatoms. The van der Waals surface area contributed by atoms with Crippen LogP contribution in [0.3, 0.4) is 0 Å². The van der Waals surface area contributed by atoms with Gasteiger partial charge in [-0.3, -0.25) is 4.79 Å². The van der Waals surface area contributed by atoms with E-state index in [-0.39, 0.29) is 11.3 Å². The van der Waals surface area contributed by atoms with Gasteiger partial charge >= 0.3 is 5.97 Å². The Morgan fingerprint density at radius 2 is 1.85 bits per heavy atom. The second-order valence-electron chi connectivity index (χ2n) is 8.52. The van der Waals surface area contributed by atoms with Gasteiger partial charge in [-0.1, -0.05) is 52.6 Å². The number of halogens is 2. The second kappa shape index (κ2) is 10.3. The molecule has 0 aliphatic rings. The molecule has 0 radical (unpaired) electrons. The van der Waals surface area contributed by atoms with E-state index in [2.05, 4.69) is 37.0 Å². The van der Waals surface area contributed by atoms with Crippen molar-refractivity contribution < 1.29 is 19.0 Å². The van der Waals surface area contributed by atoms with Gasteiger partial charge in [0.25, 0.3) is 5.56 Å². The summed E-state index contributed by atoms with van der Waals surface area (Å²) in [7, 11) is 2.78. The van der Waals surface area contributed by atoms with Crippen LogP contribution in [0.2, 0.25) is 0 Å². The fourth-order valence-corrected chi connectivity index (χ4v) is 4.03. The maximum absolute atomic E-state index is 13.4. The van der Waals surface area contributed by atoms with E-state index in [1.807, 2.05) is 26.8 Å². The van der Waals surface area contributed by atoms with Gasteiger partial charge in [-0.25, -0.2) is 9.78 Å². The molecule has 0 saturated heterocycles. The van der Waals surface area contributed by atoms with Crippen LogP contribution < -0.4 is 15.0 Å². The Morgan fingerprint density at radius 3 is 2.47 bits per heavy atom. The van der Waals surface area contributed by atoms with Crippen molar-refractivity contribution in [3.05, 3.63) is 61.0 Å². The van der Waals surface area contributed by atoms with Gasteiger partial charge in [-0.15, -0.1) is 0 Å². The lowest BCUT2D eigenvalue weighted by atomic mass is 9.95. The van der Waals surface area contributed by atoms with E-state index in [9.17, 15) is 9.59 Å². The van der Waals surface area contributed by atoms with Gasteiger partial charge in [-0.2, -0.15) is 9.78 Å². The van der Waals surface area contributed by atoms with E-state index in [4.69, 9.17) is 19.2 Å². The van der Waals surface area contributed by atoms with Crippen LogP contribution in [0.15, 0.2) is 49.2 Å². The number of aromatic nitrogens is 2. The summed E-state index contributed by atoms with van der Waals surface area (Å²) in [6.45, 7) is 7.45. The first-order valence-corrected chi connectivity index (χ1v) is 11.9. The van der Waals surface area contributed by atoms with E-state index in [1.54, 1.807) is 31.2 Å². The van der Waals surface area contributed by atoms with E-state index in [1.165, 1.54) is 25.1 Å². The minimum atomic E-state index is -0.889. The van der Waals surface area contributed by atoms with Crippen LogP contribution in [-0.2, 0) is 14.9 Å². The summed E-state index contributed by atoms with van der Waals surface area (Å²) >= 11 is 6.86. The van der Waals surface area contributed by atoms with Crippen molar-refractivity contribution in [2.24, 2.45) is 5.10 Å². The number of nitrogens with zero attached hydrogens (tertiary/aromatic N) is 3. The zero-order valence-corrected chi connectivity index (χ0v) is 22.9. The maximum atomic E-state index is 13.4. The molecule has 34 heavy (non-hydrogen) atoms. The van der Waals surface area contributed by atoms with Gasteiger partial charge in [0.15, 0.2) is 17.6 Å². The lowest BCUT2D eigenvalue weighted by molar-refractivity contribution is -0.147. The quantitative estimate of drug-likeness (QED) is 0.293. The van der Waals surface area contributed by atoms with E-state index in [0.717, 1.165) is 4.47 Å². The first-order chi connectivity index (χ1) is 16.0. The van der Waals surface area contributed by atoms with Crippen LogP contribution in [0, 0.1) is 0 Å². The van der Waals surface area contributed by atoms with Gasteiger partial charge in [-0.05, 0) is 37.3 Å². The first-order valence-electron chi connectivity index (χ1n) is 10.4. The number of benzene rings is 2. The smallest absolute Gasteiger partial charge is 0.346 e. The Balaban J connectivity index is 2.21. The van der Waals surface area contributed by atoms with Crippen molar-refractivity contribution >= 4 is 54.9 Å². The van der Waals surface area contributed by atoms with Crippen molar-refractivity contribution in [2.75, 3.05) is 14.2 Å². The van der Waals surface area contributed by atoms with Crippen molar-refractivity contribution in [1.29, 1.82) is 0 Å². The normalized spacial score (nSPS) is 12.7. The third kappa shape index (κ3) is 5.50. The fraction of sp³-hybridized carbons (Fsp3) is 0.333. The maximum Gasteiger partial charge on any atom is 0.346 e. The minimum Gasteiger partial charge on any atom is -0.493 e. The van der Waals surface area contributed by atoms with Crippen molar-refractivity contribution in [1.82, 2.24) is 9.66 Å².